The zero-order chi connectivity index (χ0) is 41.2. The Kier molecular flexibility index (Phi) is 8.61. The molecule has 8 aromatic carbocycles. The Hall–Kier alpha value is -7.82. The summed E-state index contributed by atoms with van der Waals surface area (Å²) in [6, 6.07) is 66.6. The number of rotatable bonds is 5. The summed E-state index contributed by atoms with van der Waals surface area (Å²) in [6.45, 7) is 6.46. The van der Waals surface area contributed by atoms with Crippen LogP contribution in [0.2, 0.25) is 0 Å². The number of hydrogen-bond acceptors (Lipinski definition) is 2. The molecule has 4 nitrogen and oxygen atoms in total. The Balaban J connectivity index is 1.16. The lowest BCUT2D eigenvalue weighted by molar-refractivity contribution is -0.555. The van der Waals surface area contributed by atoms with Gasteiger partial charge >= 0.3 is 0 Å². The molecule has 2 aromatic heterocycles. The van der Waals surface area contributed by atoms with Crippen molar-refractivity contribution < 1.29 is 9.67 Å². The highest BCUT2D eigenvalue weighted by Crippen LogP contribution is 2.48. The summed E-state index contributed by atoms with van der Waals surface area (Å²) >= 11 is 0. The van der Waals surface area contributed by atoms with Crippen LogP contribution in [0, 0.1) is 20.8 Å². The number of nitrogens with zero attached hydrogens (tertiary/aromatic N) is 2. The fraction of sp³-hybridized carbons (Fsp3) is 0.0526. The van der Waals surface area contributed by atoms with E-state index in [0.717, 1.165) is 72.9 Å². The van der Waals surface area contributed by atoms with E-state index < -0.39 is 0 Å². The lowest BCUT2D eigenvalue weighted by Gasteiger charge is -2.23. The van der Waals surface area contributed by atoms with Crippen LogP contribution in [0.15, 0.2) is 188 Å². The second-order valence-corrected chi connectivity index (χ2v) is 16.2. The summed E-state index contributed by atoms with van der Waals surface area (Å²) in [5.74, 6) is 1.02. The van der Waals surface area contributed by atoms with Crippen molar-refractivity contribution in [1.29, 1.82) is 0 Å². The lowest BCUT2D eigenvalue weighted by atomic mass is 9.80. The molecule has 11 rings (SSSR count). The highest BCUT2D eigenvalue weighted by molar-refractivity contribution is 6.04. The Bertz CT molecular complexity index is 3330. The molecule has 0 atom stereocenters. The minimum atomic E-state index is 0.213. The third-order valence-electron chi connectivity index (χ3n) is 12.2. The predicted molar refractivity (Wildman–Crippen MR) is 251 cm³/mol. The Morgan fingerprint density at radius 2 is 0.918 bits per heavy atom. The SMILES string of the molecule is Cc1cc(C)c(-[n+]2c(-c3ccccc3O)[nH]c3c(-c4cc(-c5ccc6c(c5)-c5ccccc5-c5ccccc5-c5ccccc5-6)cc(-c5ccccc5)n4)cccc32)c(C)c1. The number of aromatic nitrogens is 3. The van der Waals surface area contributed by atoms with Gasteiger partial charge in [0.25, 0.3) is 5.82 Å². The van der Waals surface area contributed by atoms with Crippen molar-refractivity contribution in [1.82, 2.24) is 9.97 Å². The summed E-state index contributed by atoms with van der Waals surface area (Å²) in [6.07, 6.45) is 0. The number of para-hydroxylation sites is 2. The monoisotopic (exact) mass is 784 g/mol. The Labute approximate surface area is 355 Å². The minimum Gasteiger partial charge on any atom is -0.507 e. The van der Waals surface area contributed by atoms with Crippen molar-refractivity contribution in [2.75, 3.05) is 0 Å². The molecule has 2 heterocycles. The molecule has 0 amide bonds. The van der Waals surface area contributed by atoms with Gasteiger partial charge in [0.1, 0.15) is 17.0 Å². The van der Waals surface area contributed by atoms with Crippen molar-refractivity contribution in [2.45, 2.75) is 20.8 Å². The highest BCUT2D eigenvalue weighted by Gasteiger charge is 2.29. The number of aromatic hydroxyl groups is 1. The number of phenols is 1. The van der Waals surface area contributed by atoms with Crippen molar-refractivity contribution in [2.24, 2.45) is 0 Å². The first-order valence-corrected chi connectivity index (χ1v) is 20.9. The number of H-pyrrole nitrogens is 1. The molecule has 0 unspecified atom stereocenters. The number of hydrogen-bond donors (Lipinski definition) is 2. The van der Waals surface area contributed by atoms with Crippen LogP contribution in [0.4, 0.5) is 0 Å². The van der Waals surface area contributed by atoms with Gasteiger partial charge in [-0.15, -0.1) is 0 Å². The third-order valence-corrected chi connectivity index (χ3v) is 12.2. The van der Waals surface area contributed by atoms with Crippen LogP contribution < -0.4 is 4.57 Å². The molecular weight excluding hydrogens is 743 g/mol. The number of aryl methyl sites for hydroxylation is 3. The smallest absolute Gasteiger partial charge is 0.296 e. The van der Waals surface area contributed by atoms with Gasteiger partial charge in [-0.2, -0.15) is 4.57 Å². The molecule has 0 spiro atoms. The number of pyridine rings is 1. The molecule has 1 aliphatic rings. The highest BCUT2D eigenvalue weighted by atomic mass is 16.3. The molecule has 0 saturated carbocycles. The van der Waals surface area contributed by atoms with E-state index in [1.54, 1.807) is 6.07 Å². The maximum absolute atomic E-state index is 11.3. The van der Waals surface area contributed by atoms with Gasteiger partial charge in [-0.25, -0.2) is 9.97 Å². The molecule has 290 valence electrons. The first-order valence-electron chi connectivity index (χ1n) is 20.9. The summed E-state index contributed by atoms with van der Waals surface area (Å²) in [7, 11) is 0. The van der Waals surface area contributed by atoms with Crippen LogP contribution in [0.3, 0.4) is 0 Å². The molecule has 2 N–H and O–H groups in total. The van der Waals surface area contributed by atoms with Gasteiger partial charge in [-0.3, -0.25) is 0 Å². The summed E-state index contributed by atoms with van der Waals surface area (Å²) < 4.78 is 2.27. The standard InChI is InChI=1S/C57H41N3O/c1-35-30-36(2)56(37(3)31-35)60-53-26-15-25-48(55(53)59-57(60)49-24-13-14-27-54(49)61)52-34-40(33-51(58-52)38-16-5-4-6-17-38)39-28-29-47-45-22-10-9-20-43(45)41-18-7-8-19-42(41)44-21-11-12-23-46(44)50(47)32-39/h4-34H,1-3H3,(H,58,59,61)/p+1. The van der Waals surface area contributed by atoms with E-state index in [4.69, 9.17) is 4.98 Å². The largest absolute Gasteiger partial charge is 0.507 e. The molecule has 61 heavy (non-hydrogen) atoms. The minimum absolute atomic E-state index is 0.213. The molecule has 0 bridgehead atoms. The van der Waals surface area contributed by atoms with E-state index >= 15 is 0 Å². The Morgan fingerprint density at radius 1 is 0.410 bits per heavy atom. The first-order chi connectivity index (χ1) is 29.9. The van der Waals surface area contributed by atoms with Crippen molar-refractivity contribution in [3.8, 4) is 101 Å². The second kappa shape index (κ2) is 14.5. The van der Waals surface area contributed by atoms with Gasteiger partial charge in [-0.1, -0.05) is 151 Å². The van der Waals surface area contributed by atoms with Gasteiger partial charge in [0.2, 0.25) is 0 Å². The number of nitrogens with one attached hydrogen (secondary N) is 1. The molecule has 0 radical (unpaired) electrons. The summed E-state index contributed by atoms with van der Waals surface area (Å²) in [5, 5.41) is 11.3. The van der Waals surface area contributed by atoms with Crippen molar-refractivity contribution in [3.05, 3.63) is 205 Å². The van der Waals surface area contributed by atoms with Crippen LogP contribution in [-0.4, -0.2) is 15.1 Å². The van der Waals surface area contributed by atoms with Gasteiger partial charge in [0.05, 0.1) is 17.0 Å². The van der Waals surface area contributed by atoms with E-state index in [-0.39, 0.29) is 5.75 Å². The molecular formula is C57H42N3O+. The van der Waals surface area contributed by atoms with E-state index in [9.17, 15) is 5.11 Å². The normalized spacial score (nSPS) is 11.6. The lowest BCUT2D eigenvalue weighted by Crippen LogP contribution is -2.34. The maximum Gasteiger partial charge on any atom is 0.296 e. The average Bonchev–Trinajstić information content (AvgIpc) is 3.67. The van der Waals surface area contributed by atoms with Gasteiger partial charge in [-0.05, 0) is 130 Å². The van der Waals surface area contributed by atoms with Gasteiger partial charge in [0, 0.05) is 5.56 Å². The number of aromatic amines is 1. The summed E-state index contributed by atoms with van der Waals surface area (Å²) in [4.78, 5) is 9.24. The van der Waals surface area contributed by atoms with Gasteiger partial charge in [0.15, 0.2) is 11.0 Å². The van der Waals surface area contributed by atoms with E-state index in [2.05, 4.69) is 188 Å². The Morgan fingerprint density at radius 3 is 1.52 bits per heavy atom. The van der Waals surface area contributed by atoms with Crippen molar-refractivity contribution >= 4 is 11.0 Å². The topological polar surface area (TPSA) is 52.8 Å². The quantitative estimate of drug-likeness (QED) is 0.171. The van der Waals surface area contributed by atoms with E-state index in [1.807, 2.05) is 24.3 Å². The zero-order valence-corrected chi connectivity index (χ0v) is 34.2. The number of benzene rings is 8. The van der Waals surface area contributed by atoms with Crippen LogP contribution in [0.25, 0.3) is 106 Å². The number of phenolic OH excluding ortho intramolecular Hbond substituents is 1. The molecule has 4 heteroatoms. The van der Waals surface area contributed by atoms with Crippen LogP contribution >= 0.6 is 0 Å². The van der Waals surface area contributed by atoms with E-state index in [1.165, 1.54) is 50.1 Å². The summed E-state index contributed by atoms with van der Waals surface area (Å²) in [5.41, 5.74) is 22.9. The number of imidazole rings is 1. The average molecular weight is 785 g/mol. The third kappa shape index (κ3) is 6.07. The maximum atomic E-state index is 11.3. The number of fused-ring (bicyclic) bond motifs is 9. The van der Waals surface area contributed by atoms with Gasteiger partial charge < -0.3 is 5.11 Å². The molecule has 0 aliphatic heterocycles. The molecule has 1 aliphatic carbocycles. The molecule has 0 saturated heterocycles. The fourth-order valence-corrected chi connectivity index (χ4v) is 9.62. The fourth-order valence-electron chi connectivity index (χ4n) is 9.62. The van der Waals surface area contributed by atoms with Crippen LogP contribution in [0.1, 0.15) is 16.7 Å². The van der Waals surface area contributed by atoms with Crippen LogP contribution in [0.5, 0.6) is 5.75 Å². The zero-order valence-electron chi connectivity index (χ0n) is 34.2. The predicted octanol–water partition coefficient (Wildman–Crippen LogP) is 14.1. The second-order valence-electron chi connectivity index (χ2n) is 16.2. The van der Waals surface area contributed by atoms with Crippen LogP contribution in [-0.2, 0) is 0 Å². The first kappa shape index (κ1) is 36.3. The molecule has 0 fully saturated rings. The van der Waals surface area contributed by atoms with Crippen molar-refractivity contribution in [3.63, 3.8) is 0 Å². The van der Waals surface area contributed by atoms with E-state index in [0.29, 0.717) is 0 Å². The molecule has 10 aromatic rings.